The zero-order chi connectivity index (χ0) is 90.7. The molecule has 11 heterocycles. The van der Waals surface area contributed by atoms with Crippen LogP contribution in [0, 0.1) is 46.9 Å². The fourth-order valence-electron chi connectivity index (χ4n) is 12.3. The molecule has 5 aromatic rings. The fourth-order valence-corrected chi connectivity index (χ4v) is 14.0. The molecule has 36 heteroatoms. The van der Waals surface area contributed by atoms with E-state index >= 15 is 0 Å². The van der Waals surface area contributed by atoms with Crippen LogP contribution in [0.3, 0.4) is 0 Å². The van der Waals surface area contributed by atoms with Crippen LogP contribution >= 0.6 is 67.8 Å². The van der Waals surface area contributed by atoms with Gasteiger partial charge in [0.25, 0.3) is 0 Å². The predicted octanol–water partition coefficient (Wildman–Crippen LogP) is 17.9. The number of H-pyrrole nitrogens is 5. The van der Waals surface area contributed by atoms with Crippen molar-refractivity contribution in [2.75, 3.05) is 39.3 Å². The number of carbonyl (C=O) groups excluding carboxylic acids is 9. The van der Waals surface area contributed by atoms with E-state index in [1.165, 1.54) is 4.90 Å². The van der Waals surface area contributed by atoms with Gasteiger partial charge >= 0.3 is 36.6 Å². The van der Waals surface area contributed by atoms with E-state index in [2.05, 4.69) is 180 Å². The lowest BCUT2D eigenvalue weighted by Gasteiger charge is -2.27. The smallest absolute Gasteiger partial charge is 0.410 e. The molecule has 11 rings (SSSR count). The zero-order valence-corrected chi connectivity index (χ0v) is 83.1. The molecule has 6 aliphatic heterocycles. The molecule has 0 bridgehead atoms. The topological polar surface area (TPSA) is 372 Å². The predicted molar refractivity (Wildman–Crippen MR) is 490 cm³/mol. The van der Waals surface area contributed by atoms with Gasteiger partial charge in [0.2, 0.25) is 0 Å². The summed E-state index contributed by atoms with van der Waals surface area (Å²) in [6, 6.07) is -0.357. The van der Waals surface area contributed by atoms with Crippen molar-refractivity contribution in [3.05, 3.63) is 82.6 Å². The number of aromatic amines is 5. The lowest BCUT2D eigenvalue weighted by atomic mass is 10.2. The first-order chi connectivity index (χ1) is 55.5. The minimum Gasteiger partial charge on any atom is -0.444 e. The Morgan fingerprint density at radius 3 is 1.01 bits per heavy atom. The number of aldehydes is 3. The molecule has 0 radical (unpaired) electrons. The number of nitrogens with zero attached hydrogens (tertiary/aromatic N) is 11. The Bertz CT molecular complexity index is 4270. The minimum atomic E-state index is -1.41. The van der Waals surface area contributed by atoms with Gasteiger partial charge in [-0.3, -0.25) is 39.0 Å². The van der Waals surface area contributed by atoms with Crippen LogP contribution in [0.4, 0.5) is 28.8 Å². The number of hydrogen-bond acceptors (Lipinski definition) is 20. The molecule has 6 fully saturated rings. The molecule has 5 N–H and O–H groups in total. The summed E-state index contributed by atoms with van der Waals surface area (Å²) in [5.41, 5.74) is 4.68. The van der Waals surface area contributed by atoms with Crippen LogP contribution in [0.1, 0.15) is 272 Å². The average molecular weight is 2040 g/mol. The van der Waals surface area contributed by atoms with E-state index in [1.807, 2.05) is 125 Å². The first-order valence-electron chi connectivity index (χ1n) is 40.5. The summed E-state index contributed by atoms with van der Waals surface area (Å²) in [4.78, 5) is 148. The standard InChI is InChI=1S/C17H27N3O2Si.C14H19N3O2.C12H17I2N3O2.C12H18IN3O2.C12H19N3O2.C10H17NO3.C5H10Si.C2H2O2/c1-17(2,3)22-16(21)20-10-7-8-14(20)15-18-12-13(19-15)9-11-23(4,5)6;1-5-10-9-15-12(16-10)11-7-6-8-17(11)13(18)19-14(2,3)4;1-12(2,3)19-11(18)17-6-4-5-7(17)10-15-8(13)9(14)16-10;1-12(2,3)18-11(17)16-6-4-5-8(16)10-14-7-9(13)15-10;1-12(2,3)17-11(16)15-8-4-5-9(15)10-13-6-7-14-10;1-10(2,3)14-9(13)11-6-4-5-8(11)7-12;1-5-6(2,3)4;3-1-2-4/h12,14H,7-8,10H2,1-6H3,(H,18,19);1,9,11H,6-8H2,2-4H3,(H,15,16);7H,4-6H2,1-3H3,(H,15,16);7-8H,4-6H2,1-3H3,(H,14,15);6-7,9H,4-5,8H2,1-3H3,(H,13,14);7-8H,4-6H2,1-3H3;1H,2-4H3;1-2H/t14-;11-;7-;8-;9-;8-;;/m000000../s1. The lowest BCUT2D eigenvalue weighted by Crippen LogP contribution is -2.40. The maximum absolute atomic E-state index is 12.3. The summed E-state index contributed by atoms with van der Waals surface area (Å²) in [7, 11) is -2.52. The maximum atomic E-state index is 12.3. The SMILES string of the molecule is C#C[Si](C)(C)C.C#Cc1cnc([C@@H]2CCCN2C(=O)OC(C)(C)C)[nH]1.CC(C)(C)OC(=O)N1CCC[C@H]1C=O.CC(C)(C)OC(=O)N1CCC[C@H]1c1nc(I)c(I)[nH]1.CC(C)(C)OC(=O)N1CCC[C@H]1c1ncc(C#C[Si](C)(C)C)[nH]1.CC(C)(C)OC(=O)N1CCC[C@H]1c1ncc(I)[nH]1.CC(C)(C)OC(=O)N1CCC[C@H]1c1ncc[nH]1.O=CC=O. The van der Waals surface area contributed by atoms with Gasteiger partial charge in [-0.25, -0.2) is 53.7 Å². The Labute approximate surface area is 752 Å². The number of carbonyl (C=O) groups is 9. The van der Waals surface area contributed by atoms with Crippen molar-refractivity contribution in [1.82, 2.24) is 79.2 Å². The summed E-state index contributed by atoms with van der Waals surface area (Å²) in [6.07, 6.45) is 29.6. The van der Waals surface area contributed by atoms with Crippen molar-refractivity contribution < 1.29 is 71.6 Å². The highest BCUT2D eigenvalue weighted by Gasteiger charge is 2.41. The lowest BCUT2D eigenvalue weighted by molar-refractivity contribution is -0.122. The van der Waals surface area contributed by atoms with Gasteiger partial charge in [0.05, 0.1) is 58.5 Å². The Morgan fingerprint density at radius 2 is 0.733 bits per heavy atom. The highest BCUT2D eigenvalue weighted by Crippen LogP contribution is 2.37. The van der Waals surface area contributed by atoms with Crippen molar-refractivity contribution in [3.8, 4) is 35.8 Å². The summed E-state index contributed by atoms with van der Waals surface area (Å²) in [5.74, 6) is 9.75. The second kappa shape index (κ2) is 46.5. The van der Waals surface area contributed by atoms with E-state index < -0.39 is 49.8 Å². The Balaban J connectivity index is 0.000000297. The first-order valence-corrected chi connectivity index (χ1v) is 50.7. The molecule has 664 valence electrons. The molecular formula is C84H129I3N16O15Si2. The van der Waals surface area contributed by atoms with Gasteiger partial charge in [0.1, 0.15) is 104 Å². The Morgan fingerprint density at radius 1 is 0.425 bits per heavy atom. The van der Waals surface area contributed by atoms with Crippen molar-refractivity contribution in [2.45, 2.75) is 311 Å². The van der Waals surface area contributed by atoms with Crippen molar-refractivity contribution in [2.24, 2.45) is 0 Å². The molecular weight excluding hydrogens is 1910 g/mol. The molecule has 0 saturated carbocycles. The molecule has 0 spiro atoms. The van der Waals surface area contributed by atoms with Crippen LogP contribution in [-0.2, 0) is 42.8 Å². The molecule has 6 amide bonds. The third kappa shape index (κ3) is 37.8. The largest absolute Gasteiger partial charge is 0.444 e. The number of likely N-dealkylation sites (tertiary alicyclic amines) is 6. The zero-order valence-electron chi connectivity index (χ0n) is 74.6. The van der Waals surface area contributed by atoms with Gasteiger partial charge in [-0.1, -0.05) is 51.1 Å². The molecule has 120 heavy (non-hydrogen) atoms. The van der Waals surface area contributed by atoms with E-state index in [0.29, 0.717) is 25.3 Å². The van der Waals surface area contributed by atoms with E-state index in [-0.39, 0.29) is 85.4 Å². The van der Waals surface area contributed by atoms with E-state index in [1.54, 1.807) is 55.5 Å². The van der Waals surface area contributed by atoms with E-state index in [0.717, 1.165) is 149 Å². The number of aromatic nitrogens is 10. The highest BCUT2D eigenvalue weighted by molar-refractivity contribution is 14.1. The number of halogens is 3. The van der Waals surface area contributed by atoms with Gasteiger partial charge < -0.3 is 58.1 Å². The van der Waals surface area contributed by atoms with Gasteiger partial charge in [-0.15, -0.1) is 23.9 Å². The normalized spacial score (nSPS) is 19.0. The fraction of sp³-hybridized carbons (Fsp3) is 0.643. The van der Waals surface area contributed by atoms with Gasteiger partial charge in [0.15, 0.2) is 12.6 Å². The first kappa shape index (κ1) is 104. The Kier molecular flexibility index (Phi) is 40.4. The third-order valence-electron chi connectivity index (χ3n) is 17.2. The summed E-state index contributed by atoms with van der Waals surface area (Å²) >= 11 is 6.59. The summed E-state index contributed by atoms with van der Waals surface area (Å²) < 4.78 is 35.3. The molecule has 31 nitrogen and oxygen atoms in total. The summed E-state index contributed by atoms with van der Waals surface area (Å²) in [6.45, 7) is 50.9. The van der Waals surface area contributed by atoms with Crippen LogP contribution in [0.15, 0.2) is 31.0 Å². The second-order valence-electron chi connectivity index (χ2n) is 37.2. The van der Waals surface area contributed by atoms with Crippen LogP contribution < -0.4 is 0 Å². The molecule has 6 aliphatic rings. The van der Waals surface area contributed by atoms with Crippen LogP contribution in [-0.4, -0.2) is 230 Å². The second-order valence-corrected chi connectivity index (χ2v) is 50.0. The number of terminal acetylenes is 2. The number of hydrogen-bond donors (Lipinski definition) is 5. The quantitative estimate of drug-likeness (QED) is 0.0252. The van der Waals surface area contributed by atoms with Crippen LogP contribution in [0.5, 0.6) is 0 Å². The van der Waals surface area contributed by atoms with Crippen LogP contribution in [0.2, 0.25) is 39.3 Å². The summed E-state index contributed by atoms with van der Waals surface area (Å²) in [5, 5.41) is 0. The minimum absolute atomic E-state index is 0.00637. The molecule has 6 atom stereocenters. The number of imidazole rings is 5. The average Bonchev–Trinajstić information content (AvgIpc) is 1.67. The van der Waals surface area contributed by atoms with Crippen molar-refractivity contribution in [1.29, 1.82) is 0 Å². The molecule has 0 aliphatic carbocycles. The molecule has 5 aromatic heterocycles. The van der Waals surface area contributed by atoms with E-state index in [9.17, 15) is 33.6 Å². The van der Waals surface area contributed by atoms with Gasteiger partial charge in [0, 0.05) is 51.7 Å². The number of nitrogens with one attached hydrogen (secondary N) is 5. The van der Waals surface area contributed by atoms with Crippen LogP contribution in [0.25, 0.3) is 0 Å². The molecule has 0 unspecified atom stereocenters. The third-order valence-corrected chi connectivity index (χ3v) is 22.1. The number of ether oxygens (including phenoxy) is 6. The monoisotopic (exact) mass is 2040 g/mol. The number of rotatable bonds is 7. The Hall–Kier alpha value is -8.02. The number of amides is 6. The molecule has 6 saturated heterocycles. The van der Waals surface area contributed by atoms with Gasteiger partial charge in [-0.05, 0) is 269 Å². The molecule has 0 aromatic carbocycles. The van der Waals surface area contributed by atoms with E-state index in [4.69, 9.17) is 50.9 Å². The van der Waals surface area contributed by atoms with Crippen molar-refractivity contribution in [3.63, 3.8) is 0 Å². The maximum Gasteiger partial charge on any atom is 0.410 e. The highest BCUT2D eigenvalue weighted by atomic mass is 127. The van der Waals surface area contributed by atoms with Crippen molar-refractivity contribution >= 4 is 139 Å². The van der Waals surface area contributed by atoms with Gasteiger partial charge in [-0.2, -0.15) is 0 Å².